The van der Waals surface area contributed by atoms with Crippen LogP contribution >= 0.6 is 0 Å². The number of carbonyl (C=O) groups is 5. The highest BCUT2D eigenvalue weighted by Gasteiger charge is 2.36. The molecule has 5 atom stereocenters. The second kappa shape index (κ2) is 16.7. The first-order chi connectivity index (χ1) is 20.5. The van der Waals surface area contributed by atoms with Gasteiger partial charge in [-0.15, -0.1) is 0 Å². The molecule has 13 heteroatoms. The van der Waals surface area contributed by atoms with E-state index in [1.54, 1.807) is 69.2 Å². The number of carboxylic acid groups (broad SMARTS) is 1. The van der Waals surface area contributed by atoms with Crippen LogP contribution in [0.2, 0.25) is 0 Å². The summed E-state index contributed by atoms with van der Waals surface area (Å²) < 4.78 is 16.9. The molecule has 0 saturated carbocycles. The van der Waals surface area contributed by atoms with Crippen LogP contribution in [0.5, 0.6) is 0 Å². The molecule has 45 heavy (non-hydrogen) atoms. The van der Waals surface area contributed by atoms with E-state index in [1.807, 2.05) is 30.3 Å². The fraction of sp³-hybridized carbons (Fsp3) is 0.656. The fourth-order valence-corrected chi connectivity index (χ4v) is 4.04. The first kappa shape index (κ1) is 39.5. The third-order valence-corrected chi connectivity index (χ3v) is 5.95. The summed E-state index contributed by atoms with van der Waals surface area (Å²) in [5.74, 6) is -4.62. The van der Waals surface area contributed by atoms with Gasteiger partial charge in [-0.1, -0.05) is 30.3 Å². The third-order valence-electron chi connectivity index (χ3n) is 5.95. The Kier molecular flexibility index (Phi) is 14.6. The number of esters is 1. The maximum Gasteiger partial charge on any atom is 0.326 e. The summed E-state index contributed by atoms with van der Waals surface area (Å²) in [6.07, 6.45) is -1.30. The van der Waals surface area contributed by atoms with E-state index in [0.29, 0.717) is 0 Å². The average Bonchev–Trinajstić information content (AvgIpc) is 2.86. The molecule has 0 heterocycles. The van der Waals surface area contributed by atoms with Crippen LogP contribution < -0.4 is 21.7 Å². The van der Waals surface area contributed by atoms with Crippen molar-refractivity contribution in [1.82, 2.24) is 16.0 Å². The first-order valence-electron chi connectivity index (χ1n) is 14.9. The molecular weight excluding hydrogens is 584 g/mol. The molecule has 0 aliphatic rings. The maximum atomic E-state index is 13.7. The minimum atomic E-state index is -1.64. The van der Waals surface area contributed by atoms with Gasteiger partial charge in [0.1, 0.15) is 23.7 Å². The number of benzene rings is 1. The SMILES string of the molecule is C[C@@H](OC(C)(C)C)[C@H](NC(=O)[C@@H](N)Cc1ccccc1)C(=O)N[C@@H](COC(C)(C)C)C(=O)N[C@@H](CC(=O)OC(C)(C)C)C(=O)O. The second-order valence-corrected chi connectivity index (χ2v) is 13.9. The standard InChI is InChI=1S/C32H52N4O9/c1-19(44-31(5,6)7)25(36-26(38)21(33)16-20-14-12-11-13-15-20)28(40)35-23(18-43-30(2,3)4)27(39)34-22(29(41)42)17-24(37)45-32(8,9)10/h11-15,19,21-23,25H,16-18,33H2,1-10H3,(H,34,39)(H,35,40)(H,36,38)(H,41,42)/t19-,21+,22+,23+,25+/m1/s1. The molecule has 0 bridgehead atoms. The molecule has 3 amide bonds. The summed E-state index contributed by atoms with van der Waals surface area (Å²) in [6.45, 7) is 16.7. The molecule has 1 rings (SSSR count). The molecule has 0 saturated heterocycles. The molecule has 254 valence electrons. The number of ether oxygens (including phenoxy) is 3. The van der Waals surface area contributed by atoms with Crippen molar-refractivity contribution in [3.8, 4) is 0 Å². The van der Waals surface area contributed by atoms with Crippen molar-refractivity contribution in [1.29, 1.82) is 0 Å². The molecule has 13 nitrogen and oxygen atoms in total. The van der Waals surface area contributed by atoms with Crippen LogP contribution in [0.4, 0.5) is 0 Å². The van der Waals surface area contributed by atoms with Crippen molar-refractivity contribution in [3.63, 3.8) is 0 Å². The van der Waals surface area contributed by atoms with E-state index in [2.05, 4.69) is 16.0 Å². The predicted octanol–water partition coefficient (Wildman–Crippen LogP) is 1.85. The molecule has 6 N–H and O–H groups in total. The van der Waals surface area contributed by atoms with E-state index in [1.165, 1.54) is 0 Å². The zero-order valence-electron chi connectivity index (χ0n) is 28.2. The number of carbonyl (C=O) groups excluding carboxylic acids is 4. The van der Waals surface area contributed by atoms with Gasteiger partial charge in [-0.05, 0) is 81.2 Å². The molecule has 0 spiro atoms. The highest BCUT2D eigenvalue weighted by Crippen LogP contribution is 2.15. The van der Waals surface area contributed by atoms with Crippen LogP contribution in [0, 0.1) is 0 Å². The van der Waals surface area contributed by atoms with Crippen molar-refractivity contribution in [2.45, 2.75) is 129 Å². The van der Waals surface area contributed by atoms with Crippen LogP contribution in [0.3, 0.4) is 0 Å². The molecule has 0 aliphatic heterocycles. The van der Waals surface area contributed by atoms with Crippen LogP contribution in [-0.2, 0) is 44.6 Å². The van der Waals surface area contributed by atoms with Crippen LogP contribution in [0.25, 0.3) is 0 Å². The summed E-state index contributed by atoms with van der Waals surface area (Å²) in [4.78, 5) is 64.5. The van der Waals surface area contributed by atoms with Crippen molar-refractivity contribution in [3.05, 3.63) is 35.9 Å². The van der Waals surface area contributed by atoms with Gasteiger partial charge in [0.15, 0.2) is 0 Å². The second-order valence-electron chi connectivity index (χ2n) is 13.9. The Morgan fingerprint density at radius 1 is 0.778 bits per heavy atom. The quantitative estimate of drug-likeness (QED) is 0.177. The number of carboxylic acids is 1. The number of nitrogens with one attached hydrogen (secondary N) is 3. The van der Waals surface area contributed by atoms with Crippen molar-refractivity contribution < 1.29 is 43.3 Å². The molecule has 0 aliphatic carbocycles. The number of amides is 3. The van der Waals surface area contributed by atoms with Gasteiger partial charge in [-0.25, -0.2) is 4.79 Å². The van der Waals surface area contributed by atoms with E-state index in [0.717, 1.165) is 5.56 Å². The number of rotatable bonds is 15. The van der Waals surface area contributed by atoms with Gasteiger partial charge in [0.25, 0.3) is 0 Å². The summed E-state index contributed by atoms with van der Waals surface area (Å²) >= 11 is 0. The van der Waals surface area contributed by atoms with Crippen molar-refractivity contribution in [2.75, 3.05) is 6.61 Å². The Balaban J connectivity index is 3.25. The summed E-state index contributed by atoms with van der Waals surface area (Å²) in [5, 5.41) is 17.2. The van der Waals surface area contributed by atoms with E-state index >= 15 is 0 Å². The van der Waals surface area contributed by atoms with Crippen LogP contribution in [-0.4, -0.2) is 88.4 Å². The van der Waals surface area contributed by atoms with Gasteiger partial charge in [-0.3, -0.25) is 19.2 Å². The maximum absolute atomic E-state index is 13.7. The molecular formula is C32H52N4O9. The van der Waals surface area contributed by atoms with E-state index in [-0.39, 0.29) is 13.0 Å². The lowest BCUT2D eigenvalue weighted by Gasteiger charge is -2.32. The zero-order chi connectivity index (χ0) is 34.8. The summed E-state index contributed by atoms with van der Waals surface area (Å²) in [7, 11) is 0. The minimum absolute atomic E-state index is 0.216. The summed E-state index contributed by atoms with van der Waals surface area (Å²) in [6, 6.07) is 3.81. The molecule has 0 radical (unpaired) electrons. The minimum Gasteiger partial charge on any atom is -0.480 e. The van der Waals surface area contributed by atoms with E-state index in [4.69, 9.17) is 19.9 Å². The Morgan fingerprint density at radius 3 is 1.82 bits per heavy atom. The largest absolute Gasteiger partial charge is 0.480 e. The molecule has 1 aromatic carbocycles. The lowest BCUT2D eigenvalue weighted by atomic mass is 10.0. The summed E-state index contributed by atoms with van der Waals surface area (Å²) in [5.41, 5.74) is 4.71. The van der Waals surface area contributed by atoms with Gasteiger partial charge < -0.3 is 41.0 Å². The molecule has 0 aromatic heterocycles. The normalized spacial score (nSPS) is 15.5. The van der Waals surface area contributed by atoms with E-state index in [9.17, 15) is 29.1 Å². The average molecular weight is 637 g/mol. The molecule has 0 fully saturated rings. The zero-order valence-corrected chi connectivity index (χ0v) is 28.2. The lowest BCUT2D eigenvalue weighted by molar-refractivity contribution is -0.158. The molecule has 1 aromatic rings. The topological polar surface area (TPSA) is 195 Å². The third kappa shape index (κ3) is 16.4. The van der Waals surface area contributed by atoms with Gasteiger partial charge in [0.2, 0.25) is 17.7 Å². The van der Waals surface area contributed by atoms with Crippen LogP contribution in [0.15, 0.2) is 30.3 Å². The fourth-order valence-electron chi connectivity index (χ4n) is 4.04. The monoisotopic (exact) mass is 636 g/mol. The van der Waals surface area contributed by atoms with Crippen molar-refractivity contribution >= 4 is 29.7 Å². The number of hydrogen-bond donors (Lipinski definition) is 5. The van der Waals surface area contributed by atoms with Gasteiger partial charge in [-0.2, -0.15) is 0 Å². The number of aliphatic carboxylic acids is 1. The molecule has 0 unspecified atom stereocenters. The van der Waals surface area contributed by atoms with E-state index < -0.39 is 83.2 Å². The Hall–Kier alpha value is -3.55. The Bertz CT molecular complexity index is 1150. The van der Waals surface area contributed by atoms with Crippen LogP contribution in [0.1, 0.15) is 81.2 Å². The van der Waals surface area contributed by atoms with Gasteiger partial charge in [0, 0.05) is 0 Å². The Labute approximate surface area is 266 Å². The highest BCUT2D eigenvalue weighted by atomic mass is 16.6. The first-order valence-corrected chi connectivity index (χ1v) is 14.9. The predicted molar refractivity (Wildman–Crippen MR) is 168 cm³/mol. The number of hydrogen-bond acceptors (Lipinski definition) is 9. The smallest absolute Gasteiger partial charge is 0.326 e. The lowest BCUT2D eigenvalue weighted by Crippen LogP contribution is -2.61. The van der Waals surface area contributed by atoms with Gasteiger partial charge >= 0.3 is 11.9 Å². The van der Waals surface area contributed by atoms with Gasteiger partial charge in [0.05, 0.1) is 36.4 Å². The number of nitrogens with two attached hydrogens (primary N) is 1. The Morgan fingerprint density at radius 2 is 1.33 bits per heavy atom. The highest BCUT2D eigenvalue weighted by molar-refractivity contribution is 5.95. The van der Waals surface area contributed by atoms with Crippen molar-refractivity contribution in [2.24, 2.45) is 5.73 Å².